The first-order valence-electron chi connectivity index (χ1n) is 7.60. The maximum Gasteiger partial charge on any atom is 0.0239 e. The number of nitrogens with one attached hydrogen (secondary N) is 1. The summed E-state index contributed by atoms with van der Waals surface area (Å²) in [6.07, 6.45) is 5.29. The highest BCUT2D eigenvalue weighted by molar-refractivity contribution is 7.07. The molecule has 1 heterocycles. The monoisotopic (exact) mass is 280 g/mol. The first-order valence-corrected chi connectivity index (χ1v) is 8.55. The van der Waals surface area contributed by atoms with Crippen LogP contribution in [0.2, 0.25) is 0 Å². The molecule has 1 aromatic heterocycles. The lowest BCUT2D eigenvalue weighted by Crippen LogP contribution is -2.42. The van der Waals surface area contributed by atoms with E-state index in [2.05, 4.69) is 47.9 Å². The Hall–Kier alpha value is -0.380. The van der Waals surface area contributed by atoms with Gasteiger partial charge in [0.15, 0.2) is 0 Å². The molecule has 0 atom stereocenters. The van der Waals surface area contributed by atoms with Crippen molar-refractivity contribution in [2.75, 3.05) is 20.1 Å². The molecule has 1 aliphatic rings. The Morgan fingerprint density at radius 1 is 1.37 bits per heavy atom. The first kappa shape index (κ1) is 15.0. The molecule has 2 nitrogen and oxygen atoms in total. The van der Waals surface area contributed by atoms with Crippen LogP contribution in [0.25, 0.3) is 0 Å². The van der Waals surface area contributed by atoms with Crippen LogP contribution in [0, 0.1) is 5.41 Å². The molecule has 0 amide bonds. The van der Waals surface area contributed by atoms with Gasteiger partial charge in [0.05, 0.1) is 0 Å². The Bertz CT molecular complexity index is 353. The van der Waals surface area contributed by atoms with Gasteiger partial charge in [-0.25, -0.2) is 0 Å². The average molecular weight is 280 g/mol. The summed E-state index contributed by atoms with van der Waals surface area (Å²) >= 11 is 1.79. The maximum atomic E-state index is 3.74. The van der Waals surface area contributed by atoms with Crippen LogP contribution in [0.4, 0.5) is 0 Å². The molecule has 1 fully saturated rings. The third-order valence-corrected chi connectivity index (χ3v) is 5.21. The topological polar surface area (TPSA) is 15.3 Å². The summed E-state index contributed by atoms with van der Waals surface area (Å²) in [5, 5.41) is 8.17. The van der Waals surface area contributed by atoms with Crippen molar-refractivity contribution in [3.05, 3.63) is 22.4 Å². The lowest BCUT2D eigenvalue weighted by molar-refractivity contribution is 0.150. The van der Waals surface area contributed by atoms with Gasteiger partial charge in [0, 0.05) is 25.7 Å². The fourth-order valence-electron chi connectivity index (χ4n) is 2.75. The molecule has 1 aliphatic carbocycles. The van der Waals surface area contributed by atoms with Crippen LogP contribution in [0.5, 0.6) is 0 Å². The van der Waals surface area contributed by atoms with E-state index in [1.165, 1.54) is 44.3 Å². The van der Waals surface area contributed by atoms with Crippen molar-refractivity contribution in [2.24, 2.45) is 5.41 Å². The Balaban J connectivity index is 1.86. The molecular formula is C16H28N2S. The predicted molar refractivity (Wildman–Crippen MR) is 84.7 cm³/mol. The summed E-state index contributed by atoms with van der Waals surface area (Å²) < 4.78 is 0. The summed E-state index contributed by atoms with van der Waals surface area (Å²) in [5.74, 6) is 0. The molecule has 3 heteroatoms. The lowest BCUT2D eigenvalue weighted by Gasteiger charge is -2.36. The van der Waals surface area contributed by atoms with E-state index in [1.807, 2.05) is 0 Å². The van der Waals surface area contributed by atoms with E-state index >= 15 is 0 Å². The highest BCUT2D eigenvalue weighted by Crippen LogP contribution is 2.29. The zero-order valence-corrected chi connectivity index (χ0v) is 13.4. The van der Waals surface area contributed by atoms with Gasteiger partial charge in [-0.3, -0.25) is 0 Å². The van der Waals surface area contributed by atoms with Crippen LogP contribution in [-0.2, 0) is 6.54 Å². The zero-order valence-electron chi connectivity index (χ0n) is 12.6. The van der Waals surface area contributed by atoms with Gasteiger partial charge in [-0.1, -0.05) is 13.8 Å². The van der Waals surface area contributed by atoms with Crippen molar-refractivity contribution in [2.45, 2.75) is 52.1 Å². The molecule has 0 spiro atoms. The molecule has 1 N–H and O–H groups in total. The van der Waals surface area contributed by atoms with Crippen LogP contribution in [0.1, 0.15) is 45.1 Å². The van der Waals surface area contributed by atoms with E-state index in [9.17, 15) is 0 Å². The van der Waals surface area contributed by atoms with E-state index in [0.29, 0.717) is 5.41 Å². The molecule has 0 saturated heterocycles. The first-order chi connectivity index (χ1) is 9.17. The van der Waals surface area contributed by atoms with E-state index in [1.54, 1.807) is 11.3 Å². The van der Waals surface area contributed by atoms with Gasteiger partial charge >= 0.3 is 0 Å². The molecule has 1 aromatic rings. The number of rotatable bonds is 9. The van der Waals surface area contributed by atoms with Crippen LogP contribution < -0.4 is 5.32 Å². The minimum atomic E-state index is 0.438. The van der Waals surface area contributed by atoms with Gasteiger partial charge in [-0.15, -0.1) is 0 Å². The van der Waals surface area contributed by atoms with E-state index < -0.39 is 0 Å². The van der Waals surface area contributed by atoms with Crippen molar-refractivity contribution in [3.8, 4) is 0 Å². The lowest BCUT2D eigenvalue weighted by atomic mass is 9.81. The second-order valence-corrected chi connectivity index (χ2v) is 6.95. The standard InChI is InChI=1S/C16H28N2S/c1-4-16(5-2,12-17-15-6-7-15)13-18(3)10-14-8-9-19-11-14/h8-9,11,15,17H,4-7,10,12-13H2,1-3H3. The molecule has 108 valence electrons. The predicted octanol–water partition coefficient (Wildman–Crippen LogP) is 3.74. The quantitative estimate of drug-likeness (QED) is 0.741. The Labute approximate surface area is 122 Å². The normalized spacial score (nSPS) is 16.2. The number of hydrogen-bond donors (Lipinski definition) is 1. The van der Waals surface area contributed by atoms with Crippen LogP contribution in [-0.4, -0.2) is 31.1 Å². The van der Waals surface area contributed by atoms with Crippen LogP contribution in [0.15, 0.2) is 16.8 Å². The molecule has 0 radical (unpaired) electrons. The van der Waals surface area contributed by atoms with Gasteiger partial charge in [0.25, 0.3) is 0 Å². The molecule has 0 unspecified atom stereocenters. The molecule has 19 heavy (non-hydrogen) atoms. The minimum Gasteiger partial charge on any atom is -0.313 e. The average Bonchev–Trinajstić information content (AvgIpc) is 3.11. The largest absolute Gasteiger partial charge is 0.313 e. The summed E-state index contributed by atoms with van der Waals surface area (Å²) in [6.45, 7) is 8.13. The zero-order chi connectivity index (χ0) is 13.7. The fraction of sp³-hybridized carbons (Fsp3) is 0.750. The third kappa shape index (κ3) is 4.59. The van der Waals surface area contributed by atoms with Crippen LogP contribution >= 0.6 is 11.3 Å². The molecule has 0 aliphatic heterocycles. The second kappa shape index (κ2) is 6.87. The number of nitrogens with zero attached hydrogens (tertiary/aromatic N) is 1. The van der Waals surface area contributed by atoms with E-state index in [-0.39, 0.29) is 0 Å². The van der Waals surface area contributed by atoms with Gasteiger partial charge < -0.3 is 10.2 Å². The second-order valence-electron chi connectivity index (χ2n) is 6.17. The highest BCUT2D eigenvalue weighted by Gasteiger charge is 2.30. The van der Waals surface area contributed by atoms with Crippen molar-refractivity contribution in [3.63, 3.8) is 0 Å². The minimum absolute atomic E-state index is 0.438. The molecule has 1 saturated carbocycles. The van der Waals surface area contributed by atoms with Crippen molar-refractivity contribution in [1.82, 2.24) is 10.2 Å². The van der Waals surface area contributed by atoms with Crippen molar-refractivity contribution < 1.29 is 0 Å². The Morgan fingerprint density at radius 2 is 2.11 bits per heavy atom. The molecule has 2 rings (SSSR count). The molecule has 0 bridgehead atoms. The summed E-state index contributed by atoms with van der Waals surface area (Å²) in [5.41, 5.74) is 1.89. The smallest absolute Gasteiger partial charge is 0.0239 e. The maximum absolute atomic E-state index is 3.74. The molecular weight excluding hydrogens is 252 g/mol. The van der Waals surface area contributed by atoms with E-state index in [0.717, 1.165) is 12.6 Å². The highest BCUT2D eigenvalue weighted by atomic mass is 32.1. The fourth-order valence-corrected chi connectivity index (χ4v) is 3.41. The Kier molecular flexibility index (Phi) is 5.43. The number of thiophene rings is 1. The van der Waals surface area contributed by atoms with Gasteiger partial charge in [0.1, 0.15) is 0 Å². The van der Waals surface area contributed by atoms with Gasteiger partial charge in [0.2, 0.25) is 0 Å². The van der Waals surface area contributed by atoms with E-state index in [4.69, 9.17) is 0 Å². The molecule has 0 aromatic carbocycles. The Morgan fingerprint density at radius 3 is 2.63 bits per heavy atom. The summed E-state index contributed by atoms with van der Waals surface area (Å²) in [7, 11) is 2.26. The van der Waals surface area contributed by atoms with Crippen molar-refractivity contribution >= 4 is 11.3 Å². The van der Waals surface area contributed by atoms with Gasteiger partial charge in [-0.2, -0.15) is 11.3 Å². The number of hydrogen-bond acceptors (Lipinski definition) is 3. The summed E-state index contributed by atoms with van der Waals surface area (Å²) in [6, 6.07) is 3.06. The third-order valence-electron chi connectivity index (χ3n) is 4.48. The van der Waals surface area contributed by atoms with Crippen molar-refractivity contribution in [1.29, 1.82) is 0 Å². The van der Waals surface area contributed by atoms with Gasteiger partial charge in [-0.05, 0) is 60.5 Å². The summed E-state index contributed by atoms with van der Waals surface area (Å²) in [4.78, 5) is 2.49. The SMILES string of the molecule is CCC(CC)(CNC1CC1)CN(C)Cc1ccsc1. The van der Waals surface area contributed by atoms with Crippen LogP contribution in [0.3, 0.4) is 0 Å².